The maximum Gasteiger partial charge on any atom is 0.221 e. The minimum absolute atomic E-state index is 0.0810. The number of anilines is 1. The second-order valence-electron chi connectivity index (χ2n) is 5.03. The van der Waals surface area contributed by atoms with Crippen LogP contribution in [0.3, 0.4) is 0 Å². The molecule has 0 radical (unpaired) electrons. The van der Waals surface area contributed by atoms with Gasteiger partial charge in [0.1, 0.15) is 17.4 Å². The normalized spacial score (nSPS) is 10.6. The van der Waals surface area contributed by atoms with Crippen LogP contribution in [0.15, 0.2) is 42.5 Å². The monoisotopic (exact) mass is 312 g/mol. The van der Waals surface area contributed by atoms with E-state index in [4.69, 9.17) is 4.74 Å². The summed E-state index contributed by atoms with van der Waals surface area (Å²) in [5.41, 5.74) is 2.76. The summed E-state index contributed by atoms with van der Waals surface area (Å²) in [6.45, 7) is 3.89. The van der Waals surface area contributed by atoms with Crippen molar-refractivity contribution in [2.75, 3.05) is 5.32 Å². The van der Waals surface area contributed by atoms with Crippen molar-refractivity contribution in [3.05, 3.63) is 53.0 Å². The highest BCUT2D eigenvalue weighted by Gasteiger charge is 2.06. The largest absolute Gasteiger partial charge is 0.486 e. The van der Waals surface area contributed by atoms with Crippen molar-refractivity contribution in [1.82, 2.24) is 4.98 Å². The zero-order valence-electron chi connectivity index (χ0n) is 12.4. The average molecular weight is 312 g/mol. The maximum atomic E-state index is 11.1. The summed E-state index contributed by atoms with van der Waals surface area (Å²) in [7, 11) is 0. The minimum atomic E-state index is -0.0810. The van der Waals surface area contributed by atoms with Gasteiger partial charge in [0.15, 0.2) is 0 Å². The van der Waals surface area contributed by atoms with E-state index in [0.29, 0.717) is 6.61 Å². The number of hydrogen-bond acceptors (Lipinski definition) is 4. The number of benzene rings is 2. The molecule has 0 aliphatic heterocycles. The molecule has 3 aromatic rings. The van der Waals surface area contributed by atoms with Crippen molar-refractivity contribution in [2.45, 2.75) is 20.5 Å². The number of hydrogen-bond donors (Lipinski definition) is 1. The number of aromatic nitrogens is 1. The summed E-state index contributed by atoms with van der Waals surface area (Å²) >= 11 is 1.64. The lowest BCUT2D eigenvalue weighted by Crippen LogP contribution is -2.06. The van der Waals surface area contributed by atoms with Crippen molar-refractivity contribution >= 4 is 33.1 Å². The molecule has 1 N–H and O–H groups in total. The summed E-state index contributed by atoms with van der Waals surface area (Å²) in [4.78, 5) is 15.6. The molecule has 0 saturated carbocycles. The van der Waals surface area contributed by atoms with Gasteiger partial charge in [-0.2, -0.15) is 0 Å². The van der Waals surface area contributed by atoms with Gasteiger partial charge < -0.3 is 10.1 Å². The standard InChI is InChI=1S/C17H16N2O2S/c1-11-9-13(18-12(2)20)7-8-15(11)21-10-17-19-14-5-3-4-6-16(14)22-17/h3-9H,10H2,1-2H3,(H,18,20). The van der Waals surface area contributed by atoms with Crippen molar-refractivity contribution < 1.29 is 9.53 Å². The van der Waals surface area contributed by atoms with Gasteiger partial charge in [-0.1, -0.05) is 12.1 Å². The summed E-state index contributed by atoms with van der Waals surface area (Å²) in [6, 6.07) is 13.7. The lowest BCUT2D eigenvalue weighted by Gasteiger charge is -2.09. The summed E-state index contributed by atoms with van der Waals surface area (Å²) in [5, 5.41) is 3.71. The predicted octanol–water partition coefficient (Wildman–Crippen LogP) is 4.14. The highest BCUT2D eigenvalue weighted by Crippen LogP contribution is 2.25. The highest BCUT2D eigenvalue weighted by atomic mass is 32.1. The van der Waals surface area contributed by atoms with Gasteiger partial charge in [-0.05, 0) is 42.8 Å². The molecule has 3 rings (SSSR count). The van der Waals surface area contributed by atoms with Crippen LogP contribution in [0.25, 0.3) is 10.2 Å². The van der Waals surface area contributed by atoms with Gasteiger partial charge in [-0.25, -0.2) is 4.98 Å². The smallest absolute Gasteiger partial charge is 0.221 e. The number of amides is 1. The van der Waals surface area contributed by atoms with Crippen LogP contribution in [-0.2, 0) is 11.4 Å². The fourth-order valence-electron chi connectivity index (χ4n) is 2.21. The number of aryl methyl sites for hydroxylation is 1. The fraction of sp³-hybridized carbons (Fsp3) is 0.176. The average Bonchev–Trinajstić information content (AvgIpc) is 2.88. The first-order valence-corrected chi connectivity index (χ1v) is 7.79. The van der Waals surface area contributed by atoms with E-state index in [9.17, 15) is 4.79 Å². The first kappa shape index (κ1) is 14.5. The van der Waals surface area contributed by atoms with E-state index >= 15 is 0 Å². The molecule has 0 fully saturated rings. The first-order valence-electron chi connectivity index (χ1n) is 6.97. The van der Waals surface area contributed by atoms with Gasteiger partial charge in [-0.3, -0.25) is 4.79 Å². The number of rotatable bonds is 4. The van der Waals surface area contributed by atoms with Gasteiger partial charge in [0, 0.05) is 12.6 Å². The van der Waals surface area contributed by atoms with Crippen LogP contribution in [-0.4, -0.2) is 10.9 Å². The third-order valence-corrected chi connectivity index (χ3v) is 4.19. The predicted molar refractivity (Wildman–Crippen MR) is 89.4 cm³/mol. The number of nitrogens with one attached hydrogen (secondary N) is 1. The van der Waals surface area contributed by atoms with Gasteiger partial charge in [-0.15, -0.1) is 11.3 Å². The Hall–Kier alpha value is -2.40. The molecule has 0 unspecified atom stereocenters. The van der Waals surface area contributed by atoms with E-state index in [1.165, 1.54) is 11.6 Å². The molecule has 2 aromatic carbocycles. The quantitative estimate of drug-likeness (QED) is 0.787. The Morgan fingerprint density at radius 3 is 2.82 bits per heavy atom. The number of carbonyl (C=O) groups excluding carboxylic acids is 1. The molecule has 1 amide bonds. The van der Waals surface area contributed by atoms with Crippen molar-refractivity contribution in [3.8, 4) is 5.75 Å². The number of nitrogens with zero attached hydrogens (tertiary/aromatic N) is 1. The molecule has 22 heavy (non-hydrogen) atoms. The Balaban J connectivity index is 1.71. The topological polar surface area (TPSA) is 51.2 Å². The van der Waals surface area contributed by atoms with E-state index in [-0.39, 0.29) is 5.91 Å². The Morgan fingerprint density at radius 2 is 2.09 bits per heavy atom. The lowest BCUT2D eigenvalue weighted by atomic mass is 10.2. The van der Waals surface area contributed by atoms with Crippen molar-refractivity contribution in [2.24, 2.45) is 0 Å². The van der Waals surface area contributed by atoms with E-state index in [1.54, 1.807) is 11.3 Å². The summed E-state index contributed by atoms with van der Waals surface area (Å²) in [6.07, 6.45) is 0. The summed E-state index contributed by atoms with van der Waals surface area (Å²) in [5.74, 6) is 0.718. The number of fused-ring (bicyclic) bond motifs is 1. The third kappa shape index (κ3) is 3.26. The molecule has 1 heterocycles. The van der Waals surface area contributed by atoms with Crippen LogP contribution in [0, 0.1) is 6.92 Å². The molecule has 0 saturated heterocycles. The van der Waals surface area contributed by atoms with Crippen LogP contribution < -0.4 is 10.1 Å². The number of carbonyl (C=O) groups is 1. The fourth-order valence-corrected chi connectivity index (χ4v) is 3.09. The molecule has 5 heteroatoms. The maximum absolute atomic E-state index is 11.1. The zero-order valence-corrected chi connectivity index (χ0v) is 13.2. The van der Waals surface area contributed by atoms with Gasteiger partial charge >= 0.3 is 0 Å². The van der Waals surface area contributed by atoms with E-state index < -0.39 is 0 Å². The van der Waals surface area contributed by atoms with Gasteiger partial charge in [0.05, 0.1) is 10.2 Å². The number of thiazole rings is 1. The lowest BCUT2D eigenvalue weighted by molar-refractivity contribution is -0.114. The molecule has 0 atom stereocenters. The van der Waals surface area contributed by atoms with Gasteiger partial charge in [0.25, 0.3) is 0 Å². The van der Waals surface area contributed by atoms with Crippen LogP contribution in [0.1, 0.15) is 17.5 Å². The van der Waals surface area contributed by atoms with Crippen LogP contribution in [0.4, 0.5) is 5.69 Å². The second kappa shape index (κ2) is 6.15. The summed E-state index contributed by atoms with van der Waals surface area (Å²) < 4.78 is 7.01. The molecule has 0 spiro atoms. The minimum Gasteiger partial charge on any atom is -0.486 e. The molecule has 112 valence electrons. The van der Waals surface area contributed by atoms with Crippen LogP contribution >= 0.6 is 11.3 Å². The molecule has 4 nitrogen and oxygen atoms in total. The van der Waals surface area contributed by atoms with Crippen LogP contribution in [0.2, 0.25) is 0 Å². The third-order valence-electron chi connectivity index (χ3n) is 3.18. The van der Waals surface area contributed by atoms with Gasteiger partial charge in [0.2, 0.25) is 5.91 Å². The SMILES string of the molecule is CC(=O)Nc1ccc(OCc2nc3ccccc3s2)c(C)c1. The van der Waals surface area contributed by atoms with Crippen molar-refractivity contribution in [1.29, 1.82) is 0 Å². The second-order valence-corrected chi connectivity index (χ2v) is 6.14. The number of ether oxygens (including phenoxy) is 1. The molecular weight excluding hydrogens is 296 g/mol. The van der Waals surface area contributed by atoms with E-state index in [1.807, 2.05) is 43.3 Å². The van der Waals surface area contributed by atoms with Crippen molar-refractivity contribution in [3.63, 3.8) is 0 Å². The van der Waals surface area contributed by atoms with Crippen LogP contribution in [0.5, 0.6) is 5.75 Å². The number of para-hydroxylation sites is 1. The molecule has 0 aliphatic carbocycles. The Labute approximate surface area is 132 Å². The molecule has 0 aliphatic rings. The first-order chi connectivity index (χ1) is 10.6. The molecular formula is C17H16N2O2S. The van der Waals surface area contributed by atoms with E-state index in [2.05, 4.69) is 16.4 Å². The zero-order chi connectivity index (χ0) is 15.5. The Bertz CT molecular complexity index is 793. The molecule has 1 aromatic heterocycles. The Morgan fingerprint density at radius 1 is 1.27 bits per heavy atom. The van der Waals surface area contributed by atoms with E-state index in [0.717, 1.165) is 27.5 Å². The highest BCUT2D eigenvalue weighted by molar-refractivity contribution is 7.18. The molecule has 0 bridgehead atoms. The Kier molecular flexibility index (Phi) is 4.06.